The lowest BCUT2D eigenvalue weighted by atomic mass is 10.0. The van der Waals surface area contributed by atoms with Crippen LogP contribution >= 0.6 is 22.9 Å². The number of allylic oxidation sites excluding steroid dienone is 1. The molecule has 3 heterocycles. The quantitative estimate of drug-likeness (QED) is 0.338. The summed E-state index contributed by atoms with van der Waals surface area (Å²) >= 11 is 7.49. The highest BCUT2D eigenvalue weighted by Crippen LogP contribution is 2.45. The number of nitrogens with one attached hydrogen (secondary N) is 2. The van der Waals surface area contributed by atoms with Gasteiger partial charge < -0.3 is 25.4 Å². The molecule has 42 heavy (non-hydrogen) atoms. The maximum Gasteiger partial charge on any atom is 0.330 e. The maximum absolute atomic E-state index is 14.2. The topological polar surface area (TPSA) is 121 Å². The molecule has 1 saturated heterocycles. The molecule has 3 N–H and O–H groups in total. The molecule has 2 amide bonds. The van der Waals surface area contributed by atoms with Crippen LogP contribution in [0.2, 0.25) is 5.02 Å². The molecule has 1 aliphatic carbocycles. The molecule has 3 aromatic rings. The number of aromatic nitrogens is 1. The number of para-hydroxylation sites is 1. The average molecular weight is 609 g/mol. The van der Waals surface area contributed by atoms with Crippen molar-refractivity contribution in [3.8, 4) is 5.19 Å². The third kappa shape index (κ3) is 5.96. The van der Waals surface area contributed by atoms with Crippen molar-refractivity contribution >= 4 is 56.6 Å². The Morgan fingerprint density at radius 2 is 2.00 bits per heavy atom. The molecular weight excluding hydrogens is 576 g/mol. The summed E-state index contributed by atoms with van der Waals surface area (Å²) in [6, 6.07) is 13.5. The van der Waals surface area contributed by atoms with E-state index in [9.17, 15) is 19.5 Å². The number of thiazole rings is 1. The Morgan fingerprint density at radius 1 is 1.17 bits per heavy atom. The van der Waals surface area contributed by atoms with E-state index in [4.69, 9.17) is 16.3 Å². The van der Waals surface area contributed by atoms with Crippen molar-refractivity contribution in [2.45, 2.75) is 68.7 Å². The Morgan fingerprint density at radius 3 is 2.81 bits per heavy atom. The SMILES string of the molecule is O=C1N[C@]2(C(=O)O)C[C@@H]2/C=C\CCCCC[C@H](Nc2ccccc2)C(=O)N2C[C@H](Oc3nc4ccc(Cl)cc4s3)C[C@@H]12. The van der Waals surface area contributed by atoms with Crippen LogP contribution in [0.3, 0.4) is 0 Å². The first-order chi connectivity index (χ1) is 20.3. The number of amides is 2. The molecule has 220 valence electrons. The smallest absolute Gasteiger partial charge is 0.330 e. The second-order valence-corrected chi connectivity index (χ2v) is 12.7. The summed E-state index contributed by atoms with van der Waals surface area (Å²) in [4.78, 5) is 46.4. The minimum Gasteiger partial charge on any atom is -0.479 e. The maximum atomic E-state index is 14.2. The van der Waals surface area contributed by atoms with E-state index in [1.54, 1.807) is 11.0 Å². The molecule has 11 heteroatoms. The van der Waals surface area contributed by atoms with Crippen LogP contribution in [0.5, 0.6) is 5.19 Å². The van der Waals surface area contributed by atoms with Crippen molar-refractivity contribution in [1.29, 1.82) is 0 Å². The number of halogens is 1. The molecule has 2 fully saturated rings. The molecule has 2 aliphatic heterocycles. The molecule has 5 atom stereocenters. The number of carbonyl (C=O) groups excluding carboxylic acids is 2. The number of carboxylic acid groups (broad SMARTS) is 1. The van der Waals surface area contributed by atoms with Crippen LogP contribution in [0.25, 0.3) is 10.2 Å². The van der Waals surface area contributed by atoms with Gasteiger partial charge in [-0.2, -0.15) is 0 Å². The van der Waals surface area contributed by atoms with Gasteiger partial charge in [0.25, 0.3) is 5.19 Å². The van der Waals surface area contributed by atoms with Gasteiger partial charge in [0.2, 0.25) is 11.8 Å². The zero-order valence-electron chi connectivity index (χ0n) is 23.0. The van der Waals surface area contributed by atoms with Crippen LogP contribution < -0.4 is 15.4 Å². The Hall–Kier alpha value is -3.63. The van der Waals surface area contributed by atoms with Gasteiger partial charge in [-0.15, -0.1) is 0 Å². The van der Waals surface area contributed by atoms with E-state index >= 15 is 0 Å². The first-order valence-electron chi connectivity index (χ1n) is 14.4. The highest BCUT2D eigenvalue weighted by molar-refractivity contribution is 7.20. The predicted molar refractivity (Wildman–Crippen MR) is 162 cm³/mol. The van der Waals surface area contributed by atoms with Crippen LogP contribution in [-0.4, -0.2) is 63.0 Å². The fourth-order valence-electron chi connectivity index (χ4n) is 5.95. The molecule has 3 aliphatic rings. The molecule has 0 unspecified atom stereocenters. The Kier molecular flexibility index (Phi) is 8.09. The molecule has 9 nitrogen and oxygen atoms in total. The van der Waals surface area contributed by atoms with Gasteiger partial charge in [0.05, 0.1) is 16.8 Å². The van der Waals surface area contributed by atoms with E-state index in [1.807, 2.05) is 54.6 Å². The third-order valence-electron chi connectivity index (χ3n) is 8.33. The average Bonchev–Trinajstić information content (AvgIpc) is 3.29. The number of carbonyl (C=O) groups is 3. The second-order valence-electron chi connectivity index (χ2n) is 11.3. The number of aliphatic carboxylic acids is 1. The Balaban J connectivity index is 1.28. The van der Waals surface area contributed by atoms with Crippen LogP contribution in [0.1, 0.15) is 44.9 Å². The van der Waals surface area contributed by atoms with Crippen LogP contribution in [-0.2, 0) is 14.4 Å². The zero-order valence-corrected chi connectivity index (χ0v) is 24.6. The molecule has 1 saturated carbocycles. The van der Waals surface area contributed by atoms with Crippen LogP contribution in [0.15, 0.2) is 60.7 Å². The van der Waals surface area contributed by atoms with Gasteiger partial charge in [-0.3, -0.25) is 9.59 Å². The number of anilines is 1. The molecule has 6 rings (SSSR count). The third-order valence-corrected chi connectivity index (χ3v) is 9.48. The number of fused-ring (bicyclic) bond motifs is 3. The minimum absolute atomic E-state index is 0.184. The van der Waals surface area contributed by atoms with Gasteiger partial charge in [-0.1, -0.05) is 66.1 Å². The first kappa shape index (κ1) is 28.5. The summed E-state index contributed by atoms with van der Waals surface area (Å²) in [7, 11) is 0. The normalized spacial score (nSPS) is 29.0. The van der Waals surface area contributed by atoms with Gasteiger partial charge >= 0.3 is 5.97 Å². The zero-order chi connectivity index (χ0) is 29.3. The van der Waals surface area contributed by atoms with Gasteiger partial charge in [0.1, 0.15) is 23.7 Å². The van der Waals surface area contributed by atoms with E-state index in [2.05, 4.69) is 15.6 Å². The summed E-state index contributed by atoms with van der Waals surface area (Å²) in [5.41, 5.74) is 0.225. The number of hydrogen-bond acceptors (Lipinski definition) is 7. The largest absolute Gasteiger partial charge is 0.479 e. The lowest BCUT2D eigenvalue weighted by Crippen LogP contribution is -2.55. The summed E-state index contributed by atoms with van der Waals surface area (Å²) in [6.07, 6.45) is 8.15. The standard InChI is InChI=1S/C31H33ClN4O5S/c32-20-13-14-23-26(15-20)42-30(34-23)41-22-16-25-27(37)35-31(29(39)40)17-19(31)9-5-2-1-3-8-12-24(28(38)36(25)18-22)33-21-10-6-4-7-11-21/h4-7,9-11,13-15,19,22,24-25,33H,1-3,8,12,16-18H2,(H,35,37)(H,39,40)/b9-5-/t19-,22+,24-,25-,31+/m0/s1. The summed E-state index contributed by atoms with van der Waals surface area (Å²) in [6.45, 7) is 0.184. The monoisotopic (exact) mass is 608 g/mol. The van der Waals surface area contributed by atoms with E-state index in [1.165, 1.54) is 11.3 Å². The number of ether oxygens (including phenoxy) is 1. The van der Waals surface area contributed by atoms with Gasteiger partial charge in [-0.25, -0.2) is 9.78 Å². The Labute approximate surface area is 252 Å². The molecule has 1 aromatic heterocycles. The number of benzene rings is 2. The fraction of sp³-hybridized carbons (Fsp3) is 0.419. The second kappa shape index (κ2) is 11.9. The molecule has 2 aromatic carbocycles. The van der Waals surface area contributed by atoms with Crippen molar-refractivity contribution in [2.24, 2.45) is 5.92 Å². The van der Waals surface area contributed by atoms with Gasteiger partial charge in [0, 0.05) is 23.0 Å². The number of carboxylic acids is 1. The van der Waals surface area contributed by atoms with Crippen molar-refractivity contribution in [1.82, 2.24) is 15.2 Å². The molecule has 0 radical (unpaired) electrons. The highest BCUT2D eigenvalue weighted by Gasteiger charge is 2.61. The molecule has 0 spiro atoms. The van der Waals surface area contributed by atoms with E-state index in [0.29, 0.717) is 23.1 Å². The van der Waals surface area contributed by atoms with Crippen molar-refractivity contribution in [2.75, 3.05) is 11.9 Å². The van der Waals surface area contributed by atoms with Crippen molar-refractivity contribution < 1.29 is 24.2 Å². The minimum atomic E-state index is -1.35. The highest BCUT2D eigenvalue weighted by atomic mass is 35.5. The summed E-state index contributed by atoms with van der Waals surface area (Å²) in [5.74, 6) is -2.01. The fourth-order valence-corrected chi connectivity index (χ4v) is 7.11. The lowest BCUT2D eigenvalue weighted by Gasteiger charge is -2.30. The number of hydrogen-bond donors (Lipinski definition) is 3. The molecular formula is C31H33ClN4O5S. The predicted octanol–water partition coefficient (Wildman–Crippen LogP) is 5.26. The number of nitrogens with zero attached hydrogens (tertiary/aromatic N) is 2. The Bertz CT molecular complexity index is 1510. The summed E-state index contributed by atoms with van der Waals surface area (Å²) < 4.78 is 7.12. The van der Waals surface area contributed by atoms with E-state index < -0.39 is 35.6 Å². The van der Waals surface area contributed by atoms with Crippen molar-refractivity contribution in [3.05, 3.63) is 65.7 Å². The van der Waals surface area contributed by atoms with Crippen molar-refractivity contribution in [3.63, 3.8) is 0 Å². The van der Waals surface area contributed by atoms with Crippen LogP contribution in [0.4, 0.5) is 5.69 Å². The number of rotatable bonds is 5. The van der Waals surface area contributed by atoms with Gasteiger partial charge in [0.15, 0.2) is 0 Å². The van der Waals surface area contributed by atoms with Gasteiger partial charge in [-0.05, 0) is 56.0 Å². The van der Waals surface area contributed by atoms with Crippen LogP contribution in [0, 0.1) is 5.92 Å². The summed E-state index contributed by atoms with van der Waals surface area (Å²) in [5, 5.41) is 17.3. The lowest BCUT2D eigenvalue weighted by molar-refractivity contribution is -0.145. The van der Waals surface area contributed by atoms with E-state index in [0.717, 1.165) is 41.6 Å². The van der Waals surface area contributed by atoms with E-state index in [-0.39, 0.29) is 24.8 Å². The molecule has 0 bridgehead atoms. The first-order valence-corrected chi connectivity index (χ1v) is 15.6.